The van der Waals surface area contributed by atoms with Crippen LogP contribution in [0.5, 0.6) is 0 Å². The maximum atomic E-state index is 12.4. The van der Waals surface area contributed by atoms with Crippen molar-refractivity contribution < 1.29 is 9.59 Å². The fraction of sp³-hybridized carbons (Fsp3) is 0.0909. The SMILES string of the molecule is Nc1cc(CC(=O)c2ccccc2)cc(CC(=O)c2ccccc2)c1. The number of hydrogen-bond acceptors (Lipinski definition) is 3. The number of hydrogen-bond donors (Lipinski definition) is 1. The van der Waals surface area contributed by atoms with Crippen LogP contribution in [-0.2, 0) is 12.8 Å². The van der Waals surface area contributed by atoms with Crippen LogP contribution < -0.4 is 5.73 Å². The summed E-state index contributed by atoms with van der Waals surface area (Å²) in [5.74, 6) is 0.0677. The Kier molecular flexibility index (Phi) is 5.05. The summed E-state index contributed by atoms with van der Waals surface area (Å²) in [4.78, 5) is 24.7. The van der Waals surface area contributed by atoms with E-state index >= 15 is 0 Å². The van der Waals surface area contributed by atoms with E-state index in [1.807, 2.05) is 42.5 Å². The first kappa shape index (κ1) is 16.7. The molecule has 0 bridgehead atoms. The molecule has 0 aromatic heterocycles. The van der Waals surface area contributed by atoms with Crippen LogP contribution in [0, 0.1) is 0 Å². The standard InChI is InChI=1S/C22H19NO2/c23-20-12-16(14-21(24)18-7-3-1-4-8-18)11-17(13-20)15-22(25)19-9-5-2-6-10-19/h1-13H,14-15,23H2. The van der Waals surface area contributed by atoms with Crippen molar-refractivity contribution in [2.45, 2.75) is 12.8 Å². The van der Waals surface area contributed by atoms with E-state index in [1.54, 1.807) is 36.4 Å². The van der Waals surface area contributed by atoms with Crippen LogP contribution in [0.15, 0.2) is 78.9 Å². The summed E-state index contributed by atoms with van der Waals surface area (Å²) in [7, 11) is 0. The summed E-state index contributed by atoms with van der Waals surface area (Å²) in [6.45, 7) is 0. The number of nitrogen functional groups attached to an aromatic ring is 1. The second kappa shape index (κ2) is 7.58. The van der Waals surface area contributed by atoms with Gasteiger partial charge in [0.15, 0.2) is 11.6 Å². The molecule has 0 aliphatic carbocycles. The zero-order valence-corrected chi connectivity index (χ0v) is 13.8. The summed E-state index contributed by atoms with van der Waals surface area (Å²) in [5.41, 5.74) is 9.52. The number of rotatable bonds is 6. The van der Waals surface area contributed by atoms with E-state index in [2.05, 4.69) is 0 Å². The molecule has 0 spiro atoms. The molecule has 3 aromatic rings. The molecule has 0 aliphatic rings. The molecule has 124 valence electrons. The maximum Gasteiger partial charge on any atom is 0.167 e. The maximum absolute atomic E-state index is 12.4. The number of anilines is 1. The van der Waals surface area contributed by atoms with E-state index < -0.39 is 0 Å². The van der Waals surface area contributed by atoms with Gasteiger partial charge in [0.05, 0.1) is 0 Å². The highest BCUT2D eigenvalue weighted by Crippen LogP contribution is 2.17. The summed E-state index contributed by atoms with van der Waals surface area (Å²) in [6.07, 6.45) is 0.531. The van der Waals surface area contributed by atoms with Gasteiger partial charge in [-0.2, -0.15) is 0 Å². The van der Waals surface area contributed by atoms with Crippen LogP contribution in [0.1, 0.15) is 31.8 Å². The molecule has 0 aliphatic heterocycles. The van der Waals surface area contributed by atoms with Crippen molar-refractivity contribution in [3.63, 3.8) is 0 Å². The molecule has 0 amide bonds. The third-order valence-corrected chi connectivity index (χ3v) is 4.00. The van der Waals surface area contributed by atoms with E-state index in [1.165, 1.54) is 0 Å². The van der Waals surface area contributed by atoms with Gasteiger partial charge in [-0.05, 0) is 23.3 Å². The van der Waals surface area contributed by atoms with Gasteiger partial charge in [-0.15, -0.1) is 0 Å². The monoisotopic (exact) mass is 329 g/mol. The average Bonchev–Trinajstić information content (AvgIpc) is 2.62. The van der Waals surface area contributed by atoms with E-state index in [0.29, 0.717) is 16.8 Å². The van der Waals surface area contributed by atoms with Gasteiger partial charge in [0, 0.05) is 29.7 Å². The van der Waals surface area contributed by atoms with Crippen molar-refractivity contribution in [1.82, 2.24) is 0 Å². The van der Waals surface area contributed by atoms with Gasteiger partial charge in [0.1, 0.15) is 0 Å². The molecule has 3 nitrogen and oxygen atoms in total. The number of nitrogens with two attached hydrogens (primary N) is 1. The second-order valence-electron chi connectivity index (χ2n) is 6.01. The third kappa shape index (κ3) is 4.42. The minimum atomic E-state index is 0.0338. The van der Waals surface area contributed by atoms with Crippen molar-refractivity contribution in [3.05, 3.63) is 101 Å². The van der Waals surface area contributed by atoms with E-state index in [-0.39, 0.29) is 24.4 Å². The Labute approximate surface area is 147 Å². The lowest BCUT2D eigenvalue weighted by atomic mass is 9.97. The molecule has 0 saturated carbocycles. The minimum absolute atomic E-state index is 0.0338. The number of carbonyl (C=O) groups excluding carboxylic acids is 2. The summed E-state index contributed by atoms with van der Waals surface area (Å²) >= 11 is 0. The fourth-order valence-corrected chi connectivity index (χ4v) is 2.82. The first-order valence-electron chi connectivity index (χ1n) is 8.16. The van der Waals surface area contributed by atoms with Crippen LogP contribution in [0.2, 0.25) is 0 Å². The fourth-order valence-electron chi connectivity index (χ4n) is 2.82. The Hall–Kier alpha value is -3.20. The van der Waals surface area contributed by atoms with Crippen LogP contribution in [0.4, 0.5) is 5.69 Å². The van der Waals surface area contributed by atoms with E-state index in [9.17, 15) is 9.59 Å². The average molecular weight is 329 g/mol. The highest BCUT2D eigenvalue weighted by atomic mass is 16.1. The molecule has 0 fully saturated rings. The van der Waals surface area contributed by atoms with Gasteiger partial charge in [-0.25, -0.2) is 0 Å². The van der Waals surface area contributed by atoms with Gasteiger partial charge in [-0.1, -0.05) is 66.7 Å². The molecule has 0 atom stereocenters. The Bertz CT molecular complexity index is 815. The number of Topliss-reactive ketones (excluding diaryl/α,β-unsaturated/α-hetero) is 2. The Morgan fingerprint density at radius 2 is 1.04 bits per heavy atom. The lowest BCUT2D eigenvalue weighted by Gasteiger charge is -2.08. The molecule has 3 heteroatoms. The van der Waals surface area contributed by atoms with Crippen molar-refractivity contribution in [1.29, 1.82) is 0 Å². The molecule has 3 aromatic carbocycles. The molecule has 0 unspecified atom stereocenters. The highest BCUT2D eigenvalue weighted by Gasteiger charge is 2.11. The normalized spacial score (nSPS) is 10.4. The van der Waals surface area contributed by atoms with E-state index in [0.717, 1.165) is 11.1 Å². The third-order valence-electron chi connectivity index (χ3n) is 4.00. The minimum Gasteiger partial charge on any atom is -0.399 e. The molecular formula is C22H19NO2. The summed E-state index contributed by atoms with van der Waals surface area (Å²) < 4.78 is 0. The first-order valence-corrected chi connectivity index (χ1v) is 8.16. The Morgan fingerprint density at radius 3 is 1.44 bits per heavy atom. The van der Waals surface area contributed by atoms with Crippen molar-refractivity contribution in [2.75, 3.05) is 5.73 Å². The molecule has 0 heterocycles. The van der Waals surface area contributed by atoms with Crippen LogP contribution in [0.3, 0.4) is 0 Å². The van der Waals surface area contributed by atoms with Gasteiger partial charge in [0.25, 0.3) is 0 Å². The zero-order valence-electron chi connectivity index (χ0n) is 13.8. The number of benzene rings is 3. The second-order valence-corrected chi connectivity index (χ2v) is 6.01. The van der Waals surface area contributed by atoms with Crippen LogP contribution >= 0.6 is 0 Å². The Morgan fingerprint density at radius 1 is 0.640 bits per heavy atom. The number of ketones is 2. The van der Waals surface area contributed by atoms with Crippen molar-refractivity contribution >= 4 is 17.3 Å². The molecule has 25 heavy (non-hydrogen) atoms. The summed E-state index contributed by atoms with van der Waals surface area (Å²) in [6, 6.07) is 23.8. The summed E-state index contributed by atoms with van der Waals surface area (Å²) in [5, 5.41) is 0. The van der Waals surface area contributed by atoms with Gasteiger partial charge < -0.3 is 5.73 Å². The van der Waals surface area contributed by atoms with Crippen molar-refractivity contribution in [2.24, 2.45) is 0 Å². The highest BCUT2D eigenvalue weighted by molar-refractivity contribution is 5.98. The first-order chi connectivity index (χ1) is 12.1. The van der Waals surface area contributed by atoms with E-state index in [4.69, 9.17) is 5.73 Å². The van der Waals surface area contributed by atoms with Gasteiger partial charge in [0.2, 0.25) is 0 Å². The molecule has 2 N–H and O–H groups in total. The smallest absolute Gasteiger partial charge is 0.167 e. The largest absolute Gasteiger partial charge is 0.399 e. The lowest BCUT2D eigenvalue weighted by molar-refractivity contribution is 0.0986. The lowest BCUT2D eigenvalue weighted by Crippen LogP contribution is -2.07. The predicted octanol–water partition coefficient (Wildman–Crippen LogP) is 4.12. The molecule has 3 rings (SSSR count). The molecule has 0 radical (unpaired) electrons. The quantitative estimate of drug-likeness (QED) is 0.546. The predicted molar refractivity (Wildman–Crippen MR) is 99.8 cm³/mol. The molecular weight excluding hydrogens is 310 g/mol. The topological polar surface area (TPSA) is 60.2 Å². The van der Waals surface area contributed by atoms with Crippen LogP contribution in [-0.4, -0.2) is 11.6 Å². The van der Waals surface area contributed by atoms with Gasteiger partial charge in [-0.3, -0.25) is 9.59 Å². The van der Waals surface area contributed by atoms with Gasteiger partial charge >= 0.3 is 0 Å². The molecule has 0 saturated heterocycles. The van der Waals surface area contributed by atoms with Crippen molar-refractivity contribution in [3.8, 4) is 0 Å². The number of carbonyl (C=O) groups is 2. The van der Waals surface area contributed by atoms with Crippen LogP contribution in [0.25, 0.3) is 0 Å². The zero-order chi connectivity index (χ0) is 17.6. The Balaban J connectivity index is 1.76.